The van der Waals surface area contributed by atoms with Crippen LogP contribution in [0.3, 0.4) is 0 Å². The number of anilines is 2. The van der Waals surface area contributed by atoms with Crippen LogP contribution in [0.2, 0.25) is 0 Å². The Hall–Kier alpha value is -1.93. The molecule has 0 atom stereocenters. The Morgan fingerprint density at radius 3 is 2.42 bits per heavy atom. The number of rotatable bonds is 5. The Balaban J connectivity index is 2.29. The maximum atomic E-state index is 8.77. The van der Waals surface area contributed by atoms with Gasteiger partial charge in [-0.05, 0) is 17.7 Å². The minimum absolute atomic E-state index is 0.429. The van der Waals surface area contributed by atoms with Gasteiger partial charge in [0.1, 0.15) is 0 Å². The van der Waals surface area contributed by atoms with E-state index in [1.807, 2.05) is 35.2 Å². The Kier molecular flexibility index (Phi) is 4.87. The molecule has 1 aromatic carbocycles. The molecule has 2 rings (SSSR count). The van der Waals surface area contributed by atoms with Gasteiger partial charge in [0.05, 0.1) is 12.5 Å². The molecule has 0 aliphatic carbocycles. The molecule has 0 aliphatic heterocycles. The van der Waals surface area contributed by atoms with E-state index >= 15 is 0 Å². The number of para-hydroxylation sites is 1. The Bertz CT molecular complexity index is 548. The number of hydrogen-bond donors (Lipinski definition) is 0. The average molecular weight is 317 g/mol. The first kappa shape index (κ1) is 13.5. The highest BCUT2D eigenvalue weighted by Crippen LogP contribution is 2.21. The normalized spacial score (nSPS) is 9.89. The molecule has 0 aliphatic rings. The molecule has 5 heteroatoms. The second-order valence-corrected chi connectivity index (χ2v) is 4.48. The van der Waals surface area contributed by atoms with Crippen molar-refractivity contribution in [3.8, 4) is 6.07 Å². The van der Waals surface area contributed by atoms with Crippen LogP contribution >= 0.6 is 15.9 Å². The van der Waals surface area contributed by atoms with Gasteiger partial charge >= 0.3 is 0 Å². The molecule has 1 heterocycles. The number of halogens is 1. The maximum absolute atomic E-state index is 8.77. The molecule has 0 radical (unpaired) electrons. The van der Waals surface area contributed by atoms with Crippen molar-refractivity contribution in [2.24, 2.45) is 0 Å². The SMILES string of the molecule is N#CCCN(c1ccccc1)c1ncc(CBr)cn1. The van der Waals surface area contributed by atoms with Crippen LogP contribution in [0.5, 0.6) is 0 Å². The van der Waals surface area contributed by atoms with Gasteiger partial charge in [0, 0.05) is 30.0 Å². The quantitative estimate of drug-likeness (QED) is 0.793. The summed E-state index contributed by atoms with van der Waals surface area (Å²) in [6, 6.07) is 12.0. The van der Waals surface area contributed by atoms with Crippen LogP contribution in [-0.2, 0) is 5.33 Å². The molecule has 96 valence electrons. The second kappa shape index (κ2) is 6.86. The number of benzene rings is 1. The topological polar surface area (TPSA) is 52.8 Å². The molecule has 0 bridgehead atoms. The molecule has 0 spiro atoms. The highest BCUT2D eigenvalue weighted by molar-refractivity contribution is 9.08. The standard InChI is InChI=1S/C14H13BrN4/c15-9-12-10-17-14(18-11-12)19(8-4-7-16)13-5-2-1-3-6-13/h1-3,5-6,10-11H,4,8-9H2. The zero-order valence-electron chi connectivity index (χ0n) is 10.3. The van der Waals surface area contributed by atoms with Crippen LogP contribution in [0.1, 0.15) is 12.0 Å². The smallest absolute Gasteiger partial charge is 0.229 e. The lowest BCUT2D eigenvalue weighted by molar-refractivity contribution is 0.894. The summed E-state index contributed by atoms with van der Waals surface area (Å²) in [4.78, 5) is 10.7. The first-order valence-corrected chi connectivity index (χ1v) is 7.03. The van der Waals surface area contributed by atoms with Crippen molar-refractivity contribution >= 4 is 27.6 Å². The summed E-state index contributed by atoms with van der Waals surface area (Å²) in [6.07, 6.45) is 4.01. The fraction of sp³-hybridized carbons (Fsp3) is 0.214. The van der Waals surface area contributed by atoms with Crippen molar-refractivity contribution in [3.05, 3.63) is 48.3 Å². The van der Waals surface area contributed by atoms with Crippen LogP contribution in [0.4, 0.5) is 11.6 Å². The zero-order valence-corrected chi connectivity index (χ0v) is 11.9. The molecule has 0 N–H and O–H groups in total. The molecule has 4 nitrogen and oxygen atoms in total. The second-order valence-electron chi connectivity index (χ2n) is 3.92. The van der Waals surface area contributed by atoms with Crippen molar-refractivity contribution in [2.75, 3.05) is 11.4 Å². The predicted molar refractivity (Wildman–Crippen MR) is 78.3 cm³/mol. The molecule has 0 saturated heterocycles. The largest absolute Gasteiger partial charge is 0.310 e. The number of hydrogen-bond acceptors (Lipinski definition) is 4. The van der Waals surface area contributed by atoms with E-state index in [4.69, 9.17) is 5.26 Å². The van der Waals surface area contributed by atoms with E-state index < -0.39 is 0 Å². The Morgan fingerprint density at radius 2 is 1.84 bits per heavy atom. The van der Waals surface area contributed by atoms with Gasteiger partial charge in [0.2, 0.25) is 5.95 Å². The molecular formula is C14H13BrN4. The third kappa shape index (κ3) is 3.52. The summed E-state index contributed by atoms with van der Waals surface area (Å²) in [6.45, 7) is 0.578. The molecule has 1 aromatic heterocycles. The van der Waals surface area contributed by atoms with Crippen molar-refractivity contribution in [1.82, 2.24) is 9.97 Å². The van der Waals surface area contributed by atoms with E-state index in [0.717, 1.165) is 16.6 Å². The van der Waals surface area contributed by atoms with E-state index in [2.05, 4.69) is 32.0 Å². The van der Waals surface area contributed by atoms with Gasteiger partial charge in [-0.2, -0.15) is 5.26 Å². The third-order valence-corrected chi connectivity index (χ3v) is 3.25. The highest BCUT2D eigenvalue weighted by Gasteiger charge is 2.11. The molecule has 0 saturated carbocycles. The Morgan fingerprint density at radius 1 is 1.16 bits per heavy atom. The lowest BCUT2D eigenvalue weighted by atomic mass is 10.3. The number of nitriles is 1. The van der Waals surface area contributed by atoms with Crippen molar-refractivity contribution in [2.45, 2.75) is 11.8 Å². The Labute approximate surface area is 120 Å². The van der Waals surface area contributed by atoms with Crippen molar-refractivity contribution in [3.63, 3.8) is 0 Å². The van der Waals surface area contributed by atoms with E-state index in [1.165, 1.54) is 0 Å². The fourth-order valence-electron chi connectivity index (χ4n) is 1.67. The summed E-state index contributed by atoms with van der Waals surface area (Å²) in [5, 5.41) is 9.50. The highest BCUT2D eigenvalue weighted by atomic mass is 79.9. The summed E-state index contributed by atoms with van der Waals surface area (Å²) >= 11 is 3.37. The van der Waals surface area contributed by atoms with Gasteiger partial charge in [0.15, 0.2) is 0 Å². The van der Waals surface area contributed by atoms with Gasteiger partial charge in [-0.15, -0.1) is 0 Å². The minimum atomic E-state index is 0.429. The molecular weight excluding hydrogens is 304 g/mol. The van der Waals surface area contributed by atoms with Crippen molar-refractivity contribution < 1.29 is 0 Å². The summed E-state index contributed by atoms with van der Waals surface area (Å²) < 4.78 is 0. The molecule has 19 heavy (non-hydrogen) atoms. The lowest BCUT2D eigenvalue weighted by Gasteiger charge is -2.21. The first-order valence-electron chi connectivity index (χ1n) is 5.91. The van der Waals surface area contributed by atoms with Gasteiger partial charge in [-0.1, -0.05) is 34.1 Å². The van der Waals surface area contributed by atoms with E-state index in [1.54, 1.807) is 12.4 Å². The van der Waals surface area contributed by atoms with E-state index in [-0.39, 0.29) is 0 Å². The molecule has 2 aromatic rings. The van der Waals surface area contributed by atoms with Gasteiger partial charge in [0.25, 0.3) is 0 Å². The predicted octanol–water partition coefficient (Wildman–Crippen LogP) is 3.42. The lowest BCUT2D eigenvalue weighted by Crippen LogP contribution is -2.20. The molecule has 0 unspecified atom stereocenters. The third-order valence-electron chi connectivity index (χ3n) is 2.60. The monoisotopic (exact) mass is 316 g/mol. The van der Waals surface area contributed by atoms with E-state index in [9.17, 15) is 0 Å². The zero-order chi connectivity index (χ0) is 13.5. The van der Waals surface area contributed by atoms with Gasteiger partial charge < -0.3 is 4.90 Å². The van der Waals surface area contributed by atoms with Gasteiger partial charge in [-0.3, -0.25) is 0 Å². The summed E-state index contributed by atoms with van der Waals surface area (Å²) in [5.41, 5.74) is 2.02. The summed E-state index contributed by atoms with van der Waals surface area (Å²) in [7, 11) is 0. The average Bonchev–Trinajstić information content (AvgIpc) is 2.49. The fourth-order valence-corrected chi connectivity index (χ4v) is 1.96. The molecule has 0 fully saturated rings. The summed E-state index contributed by atoms with van der Waals surface area (Å²) in [5.74, 6) is 0.617. The first-order chi connectivity index (χ1) is 9.35. The van der Waals surface area contributed by atoms with Crippen LogP contribution in [0.15, 0.2) is 42.7 Å². The number of nitrogens with zero attached hydrogens (tertiary/aromatic N) is 4. The van der Waals surface area contributed by atoms with Crippen molar-refractivity contribution in [1.29, 1.82) is 5.26 Å². The van der Waals surface area contributed by atoms with Crippen LogP contribution in [0.25, 0.3) is 0 Å². The maximum Gasteiger partial charge on any atom is 0.229 e. The van der Waals surface area contributed by atoms with Crippen LogP contribution in [-0.4, -0.2) is 16.5 Å². The minimum Gasteiger partial charge on any atom is -0.310 e. The number of aromatic nitrogens is 2. The van der Waals surface area contributed by atoms with E-state index in [0.29, 0.717) is 18.9 Å². The molecule has 0 amide bonds. The number of alkyl halides is 1. The van der Waals surface area contributed by atoms with Crippen LogP contribution in [0, 0.1) is 11.3 Å². The van der Waals surface area contributed by atoms with Gasteiger partial charge in [-0.25, -0.2) is 9.97 Å². The van der Waals surface area contributed by atoms with Crippen LogP contribution < -0.4 is 4.90 Å².